The van der Waals surface area contributed by atoms with E-state index in [1.807, 2.05) is 6.92 Å². The Morgan fingerprint density at radius 3 is 2.37 bits per heavy atom. The van der Waals surface area contributed by atoms with Crippen LogP contribution >= 0.6 is 0 Å². The molecule has 2 aromatic carbocycles. The molecule has 5 rings (SSSR count). The number of pyridine rings is 2. The quantitative estimate of drug-likeness (QED) is 0.207. The number of nitrogens with zero attached hydrogens (tertiary/aromatic N) is 3. The summed E-state index contributed by atoms with van der Waals surface area (Å²) in [5, 5.41) is 5.67. The number of alkyl halides is 5. The van der Waals surface area contributed by atoms with Gasteiger partial charge in [0.2, 0.25) is 15.9 Å². The molecular formula is C31H27F6N5O3S. The number of hydrogen-bond donors (Lipinski definition) is 2. The van der Waals surface area contributed by atoms with Gasteiger partial charge >= 0.3 is 6.18 Å². The molecule has 1 fully saturated rings. The number of amides is 1. The summed E-state index contributed by atoms with van der Waals surface area (Å²) in [6, 6.07) is 14.2. The maximum absolute atomic E-state index is 14.5. The fourth-order valence-corrected chi connectivity index (χ4v) is 6.60. The maximum Gasteiger partial charge on any atom is 0.416 e. The van der Waals surface area contributed by atoms with Crippen LogP contribution < -0.4 is 10.6 Å². The predicted octanol–water partition coefficient (Wildman–Crippen LogP) is 6.19. The van der Waals surface area contributed by atoms with E-state index in [-0.39, 0.29) is 24.1 Å². The van der Waals surface area contributed by atoms with Crippen molar-refractivity contribution in [1.82, 2.24) is 19.6 Å². The summed E-state index contributed by atoms with van der Waals surface area (Å²) < 4.78 is 109. The molecule has 1 aliphatic heterocycles. The SMILES string of the molecule is CC(Nc1cc(CNC(=O)C2CC(F)(F)CN2S(=O)(=O)c2ccc(F)cc2)cc(-c2ccc(C(F)(F)F)cc2)n1)c1ccccn1. The predicted molar refractivity (Wildman–Crippen MR) is 156 cm³/mol. The van der Waals surface area contributed by atoms with Gasteiger partial charge in [-0.1, -0.05) is 18.2 Å². The molecule has 15 heteroatoms. The van der Waals surface area contributed by atoms with E-state index in [9.17, 15) is 39.6 Å². The van der Waals surface area contributed by atoms with Gasteiger partial charge in [0.25, 0.3) is 5.92 Å². The van der Waals surface area contributed by atoms with Crippen LogP contribution in [0.25, 0.3) is 11.3 Å². The molecule has 2 aromatic heterocycles. The van der Waals surface area contributed by atoms with Gasteiger partial charge in [0.15, 0.2) is 0 Å². The lowest BCUT2D eigenvalue weighted by Gasteiger charge is -2.23. The molecule has 1 aliphatic rings. The average molecular weight is 664 g/mol. The first-order chi connectivity index (χ1) is 21.6. The minimum atomic E-state index is -4.59. The lowest BCUT2D eigenvalue weighted by Crippen LogP contribution is -2.45. The third-order valence-electron chi connectivity index (χ3n) is 7.31. The Bertz CT molecular complexity index is 1810. The van der Waals surface area contributed by atoms with Gasteiger partial charge in [-0.25, -0.2) is 26.6 Å². The van der Waals surface area contributed by atoms with E-state index >= 15 is 0 Å². The molecule has 0 radical (unpaired) electrons. The number of benzene rings is 2. The molecule has 3 heterocycles. The molecule has 8 nitrogen and oxygen atoms in total. The van der Waals surface area contributed by atoms with Crippen molar-refractivity contribution in [2.75, 3.05) is 11.9 Å². The number of hydrogen-bond acceptors (Lipinski definition) is 6. The molecule has 2 unspecified atom stereocenters. The van der Waals surface area contributed by atoms with Gasteiger partial charge in [-0.05, 0) is 73.2 Å². The highest BCUT2D eigenvalue weighted by molar-refractivity contribution is 7.89. The zero-order valence-electron chi connectivity index (χ0n) is 24.1. The highest BCUT2D eigenvalue weighted by Crippen LogP contribution is 2.36. The molecule has 1 amide bonds. The number of rotatable bonds is 9. The number of halogens is 6. The van der Waals surface area contributed by atoms with Crippen LogP contribution in [0.4, 0.5) is 32.2 Å². The fraction of sp³-hybridized carbons (Fsp3) is 0.258. The van der Waals surface area contributed by atoms with Gasteiger partial charge < -0.3 is 10.6 Å². The fourth-order valence-electron chi connectivity index (χ4n) is 4.98. The first kappa shape index (κ1) is 32.9. The van der Waals surface area contributed by atoms with Gasteiger partial charge in [-0.3, -0.25) is 9.78 Å². The summed E-state index contributed by atoms with van der Waals surface area (Å²) in [6.07, 6.45) is -4.01. The highest BCUT2D eigenvalue weighted by Gasteiger charge is 2.52. The summed E-state index contributed by atoms with van der Waals surface area (Å²) in [5.41, 5.74) is 0.802. The monoisotopic (exact) mass is 663 g/mol. The third kappa shape index (κ3) is 7.48. The van der Waals surface area contributed by atoms with Crippen molar-refractivity contribution in [3.05, 3.63) is 108 Å². The standard InChI is InChI=1S/C31H27F6N5O3S/c1-19(25-4-2-3-13-38-25)40-28-15-20(14-26(41-28)21-5-7-22(8-6-21)31(35,36)37)17-39-29(43)27-16-30(33,34)18-42(27)46(44,45)24-11-9-23(32)10-12-24/h2-15,19,27H,16-18H2,1H3,(H,39,43)(H,40,41). The van der Waals surface area contributed by atoms with Gasteiger partial charge in [-0.15, -0.1) is 0 Å². The van der Waals surface area contributed by atoms with E-state index in [1.54, 1.807) is 30.5 Å². The molecule has 1 saturated heterocycles. The molecular weight excluding hydrogens is 636 g/mol. The zero-order valence-corrected chi connectivity index (χ0v) is 24.9. The van der Waals surface area contributed by atoms with E-state index in [0.29, 0.717) is 21.1 Å². The second-order valence-electron chi connectivity index (χ2n) is 10.7. The first-order valence-electron chi connectivity index (χ1n) is 13.9. The topological polar surface area (TPSA) is 104 Å². The molecule has 46 heavy (non-hydrogen) atoms. The minimum Gasteiger partial charge on any atom is -0.362 e. The van der Waals surface area contributed by atoms with Crippen LogP contribution in [0.2, 0.25) is 0 Å². The summed E-state index contributed by atoms with van der Waals surface area (Å²) >= 11 is 0. The summed E-state index contributed by atoms with van der Waals surface area (Å²) in [5.74, 6) is -4.93. The second kappa shape index (κ2) is 12.7. The molecule has 0 aliphatic carbocycles. The second-order valence-corrected chi connectivity index (χ2v) is 12.6. The Morgan fingerprint density at radius 2 is 1.74 bits per heavy atom. The van der Waals surface area contributed by atoms with Crippen LogP contribution in [-0.4, -0.2) is 47.1 Å². The number of aromatic nitrogens is 2. The van der Waals surface area contributed by atoms with Crippen molar-refractivity contribution in [1.29, 1.82) is 0 Å². The minimum absolute atomic E-state index is 0.254. The normalized spacial score (nSPS) is 17.4. The van der Waals surface area contributed by atoms with Crippen molar-refractivity contribution < 1.29 is 39.6 Å². The average Bonchev–Trinajstić information content (AvgIpc) is 3.36. The largest absolute Gasteiger partial charge is 0.416 e. The molecule has 0 spiro atoms. The zero-order chi connectivity index (χ0) is 33.3. The lowest BCUT2D eigenvalue weighted by atomic mass is 10.1. The van der Waals surface area contributed by atoms with Gasteiger partial charge in [0.1, 0.15) is 17.7 Å². The number of anilines is 1. The summed E-state index contributed by atoms with van der Waals surface area (Å²) in [4.78, 5) is 21.6. The van der Waals surface area contributed by atoms with Crippen LogP contribution in [0.3, 0.4) is 0 Å². The number of sulfonamides is 1. The van der Waals surface area contributed by atoms with Crippen LogP contribution in [-0.2, 0) is 27.5 Å². The Hall–Kier alpha value is -4.50. The lowest BCUT2D eigenvalue weighted by molar-refractivity contribution is -0.137. The Labute approximate surface area is 260 Å². The summed E-state index contributed by atoms with van der Waals surface area (Å²) in [7, 11) is -4.59. The molecule has 2 atom stereocenters. The van der Waals surface area contributed by atoms with Crippen LogP contribution in [0.5, 0.6) is 0 Å². The van der Waals surface area contributed by atoms with E-state index in [0.717, 1.165) is 36.4 Å². The summed E-state index contributed by atoms with van der Waals surface area (Å²) in [6.45, 7) is 0.318. The van der Waals surface area contributed by atoms with E-state index < -0.39 is 63.3 Å². The van der Waals surface area contributed by atoms with Crippen molar-refractivity contribution in [2.45, 2.75) is 49.0 Å². The van der Waals surface area contributed by atoms with Gasteiger partial charge in [0, 0.05) is 24.7 Å². The van der Waals surface area contributed by atoms with Crippen molar-refractivity contribution in [2.24, 2.45) is 0 Å². The van der Waals surface area contributed by atoms with E-state index in [2.05, 4.69) is 20.6 Å². The van der Waals surface area contributed by atoms with Crippen LogP contribution in [0, 0.1) is 5.82 Å². The number of carbonyl (C=O) groups is 1. The highest BCUT2D eigenvalue weighted by atomic mass is 32.2. The molecule has 4 aromatic rings. The van der Waals surface area contributed by atoms with Crippen molar-refractivity contribution in [3.63, 3.8) is 0 Å². The third-order valence-corrected chi connectivity index (χ3v) is 9.17. The maximum atomic E-state index is 14.5. The first-order valence-corrected chi connectivity index (χ1v) is 15.4. The van der Waals surface area contributed by atoms with E-state index in [4.69, 9.17) is 0 Å². The number of carbonyl (C=O) groups excluding carboxylic acids is 1. The smallest absolute Gasteiger partial charge is 0.362 e. The molecule has 242 valence electrons. The van der Waals surface area contributed by atoms with E-state index in [1.165, 1.54) is 18.2 Å². The molecule has 0 saturated carbocycles. The van der Waals surface area contributed by atoms with Crippen LogP contribution in [0.15, 0.2) is 90.0 Å². The number of nitrogens with one attached hydrogen (secondary N) is 2. The molecule has 2 N–H and O–H groups in total. The molecule has 0 bridgehead atoms. The Balaban J connectivity index is 1.41. The Morgan fingerprint density at radius 1 is 1.04 bits per heavy atom. The van der Waals surface area contributed by atoms with Gasteiger partial charge in [-0.2, -0.15) is 17.5 Å². The van der Waals surface area contributed by atoms with Crippen LogP contribution in [0.1, 0.15) is 36.2 Å². The van der Waals surface area contributed by atoms with Crippen molar-refractivity contribution in [3.8, 4) is 11.3 Å². The van der Waals surface area contributed by atoms with Gasteiger partial charge in [0.05, 0.1) is 34.4 Å². The van der Waals surface area contributed by atoms with Crippen molar-refractivity contribution >= 4 is 21.7 Å². The Kier molecular flexibility index (Phi) is 9.09.